The number of urea groups is 1. The largest absolute Gasteiger partial charge is 0.367 e. The zero-order chi connectivity index (χ0) is 18.1. The van der Waals surface area contributed by atoms with E-state index in [0.717, 1.165) is 22.9 Å². The molecule has 2 heterocycles. The van der Waals surface area contributed by atoms with Crippen LogP contribution < -0.4 is 15.5 Å². The van der Waals surface area contributed by atoms with E-state index >= 15 is 0 Å². The number of hydrogen-bond acceptors (Lipinski definition) is 3. The molecule has 1 aliphatic rings. The van der Waals surface area contributed by atoms with Crippen LogP contribution in [0.2, 0.25) is 0 Å². The summed E-state index contributed by atoms with van der Waals surface area (Å²) in [6, 6.07) is 10.2. The standard InChI is InChI=1S/C19H20FN5O/c1-12-8-14(9-17-15(12)10-21-24-17)23-19(26)22-13-6-7-25(11-13)18-5-3-2-4-16(18)20/h2-5,8-10,13H,6-7,11H2,1H3,(H,21,24)(H2,22,23,26). The van der Waals surface area contributed by atoms with Gasteiger partial charge in [-0.15, -0.1) is 0 Å². The molecule has 6 nitrogen and oxygen atoms in total. The van der Waals surface area contributed by atoms with Gasteiger partial charge in [-0.2, -0.15) is 5.10 Å². The topological polar surface area (TPSA) is 73.1 Å². The van der Waals surface area contributed by atoms with Crippen LogP contribution in [0.15, 0.2) is 42.6 Å². The van der Waals surface area contributed by atoms with E-state index in [-0.39, 0.29) is 17.9 Å². The molecule has 7 heteroatoms. The lowest BCUT2D eigenvalue weighted by Gasteiger charge is -2.19. The van der Waals surface area contributed by atoms with Crippen LogP contribution in [0.5, 0.6) is 0 Å². The Morgan fingerprint density at radius 1 is 1.35 bits per heavy atom. The van der Waals surface area contributed by atoms with Crippen LogP contribution in [-0.4, -0.2) is 35.4 Å². The minimum atomic E-state index is -0.261. The second kappa shape index (κ2) is 6.67. The summed E-state index contributed by atoms with van der Waals surface area (Å²) in [7, 11) is 0. The number of benzene rings is 2. The molecule has 26 heavy (non-hydrogen) atoms. The molecule has 3 aromatic rings. The molecule has 1 aliphatic heterocycles. The number of H-pyrrole nitrogens is 1. The monoisotopic (exact) mass is 353 g/mol. The zero-order valence-electron chi connectivity index (χ0n) is 14.4. The normalized spacial score (nSPS) is 16.8. The first-order chi connectivity index (χ1) is 12.6. The third kappa shape index (κ3) is 3.20. The van der Waals surface area contributed by atoms with Crippen LogP contribution in [0.3, 0.4) is 0 Å². The number of carbonyl (C=O) groups excluding carboxylic acids is 1. The third-order valence-corrected chi connectivity index (χ3v) is 4.74. The molecule has 1 unspecified atom stereocenters. The Hall–Kier alpha value is -3.09. The predicted octanol–water partition coefficient (Wildman–Crippen LogP) is 3.41. The maximum atomic E-state index is 13.9. The van der Waals surface area contributed by atoms with Crippen molar-refractivity contribution in [3.05, 3.63) is 54.0 Å². The van der Waals surface area contributed by atoms with Crippen LogP contribution in [0.25, 0.3) is 10.9 Å². The number of fused-ring (bicyclic) bond motifs is 1. The second-order valence-corrected chi connectivity index (χ2v) is 6.61. The fourth-order valence-electron chi connectivity index (χ4n) is 3.46. The van der Waals surface area contributed by atoms with E-state index < -0.39 is 0 Å². The van der Waals surface area contributed by atoms with Crippen molar-refractivity contribution in [3.63, 3.8) is 0 Å². The number of nitrogens with zero attached hydrogens (tertiary/aromatic N) is 2. The Labute approximate surface area is 150 Å². The number of amides is 2. The number of carbonyl (C=O) groups is 1. The number of aryl methyl sites for hydroxylation is 1. The predicted molar refractivity (Wildman–Crippen MR) is 100 cm³/mol. The van der Waals surface area contributed by atoms with Gasteiger partial charge in [0.1, 0.15) is 5.82 Å². The number of aromatic amines is 1. The molecule has 2 aromatic carbocycles. The number of nitrogens with one attached hydrogen (secondary N) is 3. The van der Waals surface area contributed by atoms with Crippen LogP contribution in [0.4, 0.5) is 20.6 Å². The van der Waals surface area contributed by atoms with Gasteiger partial charge in [-0.3, -0.25) is 5.10 Å². The molecule has 2 amide bonds. The van der Waals surface area contributed by atoms with E-state index in [2.05, 4.69) is 20.8 Å². The van der Waals surface area contributed by atoms with E-state index in [1.807, 2.05) is 30.0 Å². The number of rotatable bonds is 3. The van der Waals surface area contributed by atoms with Gasteiger partial charge in [0.05, 0.1) is 17.4 Å². The lowest BCUT2D eigenvalue weighted by atomic mass is 10.1. The number of aromatic nitrogens is 2. The van der Waals surface area contributed by atoms with E-state index in [0.29, 0.717) is 24.5 Å². The number of hydrogen-bond donors (Lipinski definition) is 3. The molecule has 3 N–H and O–H groups in total. The van der Waals surface area contributed by atoms with Crippen LogP contribution in [-0.2, 0) is 0 Å². The number of anilines is 2. The highest BCUT2D eigenvalue weighted by Crippen LogP contribution is 2.24. The maximum Gasteiger partial charge on any atom is 0.319 e. The van der Waals surface area contributed by atoms with Gasteiger partial charge in [0.25, 0.3) is 0 Å². The minimum absolute atomic E-state index is 0.0217. The fourth-order valence-corrected chi connectivity index (χ4v) is 3.46. The van der Waals surface area contributed by atoms with Crippen LogP contribution in [0.1, 0.15) is 12.0 Å². The molecule has 134 valence electrons. The number of para-hydroxylation sites is 1. The molecule has 0 bridgehead atoms. The molecule has 0 aliphatic carbocycles. The smallest absolute Gasteiger partial charge is 0.319 e. The van der Waals surface area contributed by atoms with Crippen molar-refractivity contribution in [2.24, 2.45) is 0 Å². The van der Waals surface area contributed by atoms with Gasteiger partial charge < -0.3 is 15.5 Å². The molecule has 0 saturated carbocycles. The van der Waals surface area contributed by atoms with Crippen molar-refractivity contribution in [1.82, 2.24) is 15.5 Å². The summed E-state index contributed by atoms with van der Waals surface area (Å²) in [6.45, 7) is 3.28. The van der Waals surface area contributed by atoms with Crippen molar-refractivity contribution in [3.8, 4) is 0 Å². The fraction of sp³-hybridized carbons (Fsp3) is 0.263. The van der Waals surface area contributed by atoms with Gasteiger partial charge in [-0.1, -0.05) is 12.1 Å². The maximum absolute atomic E-state index is 13.9. The minimum Gasteiger partial charge on any atom is -0.367 e. The Bertz CT molecular complexity index is 954. The molecular weight excluding hydrogens is 333 g/mol. The summed E-state index contributed by atoms with van der Waals surface area (Å²) in [5.41, 5.74) is 3.21. The van der Waals surface area contributed by atoms with Crippen LogP contribution in [0, 0.1) is 12.7 Å². The Balaban J connectivity index is 1.38. The van der Waals surface area contributed by atoms with Crippen molar-refractivity contribution in [1.29, 1.82) is 0 Å². The Kier molecular flexibility index (Phi) is 4.20. The van der Waals surface area contributed by atoms with Gasteiger partial charge in [-0.25, -0.2) is 9.18 Å². The van der Waals surface area contributed by atoms with Crippen LogP contribution >= 0.6 is 0 Å². The van der Waals surface area contributed by atoms with Crippen molar-refractivity contribution in [2.75, 3.05) is 23.3 Å². The molecule has 0 radical (unpaired) electrons. The van der Waals surface area contributed by atoms with E-state index in [1.54, 1.807) is 18.3 Å². The lowest BCUT2D eigenvalue weighted by molar-refractivity contribution is 0.249. The average molecular weight is 353 g/mol. The van der Waals surface area contributed by atoms with E-state index in [1.165, 1.54) is 6.07 Å². The molecular formula is C19H20FN5O. The van der Waals surface area contributed by atoms with Gasteiger partial charge in [0, 0.05) is 30.2 Å². The second-order valence-electron chi connectivity index (χ2n) is 6.61. The summed E-state index contributed by atoms with van der Waals surface area (Å²) in [6.07, 6.45) is 2.55. The van der Waals surface area contributed by atoms with Gasteiger partial charge in [0.2, 0.25) is 0 Å². The zero-order valence-corrected chi connectivity index (χ0v) is 14.4. The highest BCUT2D eigenvalue weighted by molar-refractivity contribution is 5.93. The SMILES string of the molecule is Cc1cc(NC(=O)NC2CCN(c3ccccc3F)C2)cc2[nH]ncc12. The molecule has 4 rings (SSSR count). The molecule has 1 fully saturated rings. The summed E-state index contributed by atoms with van der Waals surface area (Å²) < 4.78 is 13.9. The van der Waals surface area contributed by atoms with Gasteiger partial charge in [0.15, 0.2) is 0 Å². The first-order valence-electron chi connectivity index (χ1n) is 8.61. The van der Waals surface area contributed by atoms with E-state index in [9.17, 15) is 9.18 Å². The summed E-state index contributed by atoms with van der Waals surface area (Å²) in [5, 5.41) is 13.8. The first kappa shape index (κ1) is 16.4. The highest BCUT2D eigenvalue weighted by atomic mass is 19.1. The van der Waals surface area contributed by atoms with Crippen molar-refractivity contribution in [2.45, 2.75) is 19.4 Å². The van der Waals surface area contributed by atoms with Gasteiger partial charge >= 0.3 is 6.03 Å². The van der Waals surface area contributed by atoms with Crippen molar-refractivity contribution >= 4 is 28.3 Å². The number of halogens is 1. The average Bonchev–Trinajstić information content (AvgIpc) is 3.25. The van der Waals surface area contributed by atoms with Gasteiger partial charge in [-0.05, 0) is 43.2 Å². The molecule has 1 atom stereocenters. The molecule has 1 saturated heterocycles. The summed E-state index contributed by atoms with van der Waals surface area (Å²) in [5.74, 6) is -0.235. The van der Waals surface area contributed by atoms with Crippen molar-refractivity contribution < 1.29 is 9.18 Å². The Morgan fingerprint density at radius 3 is 3.04 bits per heavy atom. The molecule has 0 spiro atoms. The lowest BCUT2D eigenvalue weighted by Crippen LogP contribution is -2.39. The summed E-state index contributed by atoms with van der Waals surface area (Å²) >= 11 is 0. The van der Waals surface area contributed by atoms with E-state index in [4.69, 9.17) is 0 Å². The quantitative estimate of drug-likeness (QED) is 0.676. The third-order valence-electron chi connectivity index (χ3n) is 4.74. The molecule has 1 aromatic heterocycles. The summed E-state index contributed by atoms with van der Waals surface area (Å²) in [4.78, 5) is 14.3. The Morgan fingerprint density at radius 2 is 2.19 bits per heavy atom. The highest BCUT2D eigenvalue weighted by Gasteiger charge is 2.25. The first-order valence-corrected chi connectivity index (χ1v) is 8.61.